The van der Waals surface area contributed by atoms with Gasteiger partial charge in [-0.3, -0.25) is 9.59 Å². The molecule has 1 aliphatic heterocycles. The van der Waals surface area contributed by atoms with Crippen LogP contribution in [0.3, 0.4) is 0 Å². The first kappa shape index (κ1) is 25.9. The second kappa shape index (κ2) is 9.09. The highest BCUT2D eigenvalue weighted by Crippen LogP contribution is 2.65. The Kier molecular flexibility index (Phi) is 6.03. The molecule has 0 spiro atoms. The molecular formula is C29H33N3O6S. The number of nitrogens with zero attached hydrogens (tertiary/aromatic N) is 2. The maximum absolute atomic E-state index is 13.0. The normalized spacial score (nSPS) is 22.5. The van der Waals surface area contributed by atoms with Crippen molar-refractivity contribution in [3.05, 3.63) is 53.1 Å². The summed E-state index contributed by atoms with van der Waals surface area (Å²) in [5, 5.41) is 11.4. The fourth-order valence-corrected chi connectivity index (χ4v) is 7.22. The van der Waals surface area contributed by atoms with E-state index in [2.05, 4.69) is 9.29 Å². The summed E-state index contributed by atoms with van der Waals surface area (Å²) < 4.78 is 35.3. The van der Waals surface area contributed by atoms with Gasteiger partial charge in [0.25, 0.3) is 5.91 Å². The Labute approximate surface area is 227 Å². The van der Waals surface area contributed by atoms with Gasteiger partial charge in [0.05, 0.1) is 18.2 Å². The molecule has 39 heavy (non-hydrogen) atoms. The van der Waals surface area contributed by atoms with Crippen LogP contribution < -0.4 is 9.46 Å². The minimum atomic E-state index is -3.97. The van der Waals surface area contributed by atoms with Gasteiger partial charge in [0.15, 0.2) is 0 Å². The summed E-state index contributed by atoms with van der Waals surface area (Å²) in [6, 6.07) is 11.2. The van der Waals surface area contributed by atoms with Crippen molar-refractivity contribution in [3.8, 4) is 17.0 Å². The highest BCUT2D eigenvalue weighted by molar-refractivity contribution is 7.87. The van der Waals surface area contributed by atoms with Crippen LogP contribution in [0, 0.1) is 5.41 Å². The van der Waals surface area contributed by atoms with Crippen LogP contribution in [0.2, 0.25) is 0 Å². The number of carbonyl (C=O) groups excluding carboxylic acids is 1. The number of rotatable bonds is 6. The minimum absolute atomic E-state index is 0.133. The van der Waals surface area contributed by atoms with Crippen LogP contribution in [-0.4, -0.2) is 55.5 Å². The molecule has 2 unspecified atom stereocenters. The highest BCUT2D eigenvalue weighted by Gasteiger charge is 2.63. The fraction of sp³-hybridized carbons (Fsp3) is 0.448. The maximum Gasteiger partial charge on any atom is 0.312 e. The molecule has 2 aromatic carbocycles. The summed E-state index contributed by atoms with van der Waals surface area (Å²) in [5.41, 5.74) is 4.24. The molecule has 2 fully saturated rings. The molecule has 0 saturated heterocycles. The van der Waals surface area contributed by atoms with E-state index in [1.54, 1.807) is 19.2 Å². The van der Waals surface area contributed by atoms with E-state index in [4.69, 9.17) is 4.74 Å². The number of hydrogen-bond donors (Lipinski definition) is 2. The van der Waals surface area contributed by atoms with E-state index in [0.717, 1.165) is 57.7 Å². The zero-order valence-corrected chi connectivity index (χ0v) is 23.2. The summed E-state index contributed by atoms with van der Waals surface area (Å²) in [4.78, 5) is 25.7. The van der Waals surface area contributed by atoms with Crippen LogP contribution in [0.4, 0.5) is 0 Å². The average Bonchev–Trinajstić information content (AvgIpc) is 3.59. The predicted molar refractivity (Wildman–Crippen MR) is 147 cm³/mol. The van der Waals surface area contributed by atoms with Crippen LogP contribution >= 0.6 is 0 Å². The van der Waals surface area contributed by atoms with Crippen molar-refractivity contribution in [2.24, 2.45) is 5.41 Å². The quantitative estimate of drug-likeness (QED) is 0.467. The van der Waals surface area contributed by atoms with E-state index >= 15 is 0 Å². The fourth-order valence-electron chi connectivity index (χ4n) is 6.69. The van der Waals surface area contributed by atoms with Gasteiger partial charge in [-0.1, -0.05) is 25.3 Å². The Bertz CT molecular complexity index is 1620. The second-order valence-electron chi connectivity index (χ2n) is 11.3. The van der Waals surface area contributed by atoms with Gasteiger partial charge in [-0.2, -0.15) is 12.7 Å². The molecule has 206 valence electrons. The van der Waals surface area contributed by atoms with Crippen molar-refractivity contribution in [2.45, 2.75) is 56.9 Å². The predicted octanol–water partition coefficient (Wildman–Crippen LogP) is 4.47. The van der Waals surface area contributed by atoms with Gasteiger partial charge in [0.2, 0.25) is 0 Å². The molecule has 0 radical (unpaired) electrons. The first-order chi connectivity index (χ1) is 18.6. The molecule has 2 saturated carbocycles. The number of benzene rings is 2. The molecule has 1 amide bonds. The maximum atomic E-state index is 13.0. The van der Waals surface area contributed by atoms with Gasteiger partial charge < -0.3 is 14.4 Å². The smallest absolute Gasteiger partial charge is 0.312 e. The molecule has 0 bridgehead atoms. The molecule has 2 N–H and O–H groups in total. The standard InChI is InChI=1S/C29H33N3O6S/c1-31(2)39(36,37)30-27(33)18-9-11-21-24(13-18)32-16-29(28(34)35)15-23(29)22-14-19(38-3)10-12-20(22)26(32)25(21)17-7-5-4-6-8-17/h9-14,17,23H,4-8,15-16H2,1-3H3,(H,30,33)(H,34,35). The molecule has 3 aliphatic rings. The second-order valence-corrected chi connectivity index (χ2v) is 13.2. The Balaban J connectivity index is 1.60. The number of aromatic nitrogens is 1. The van der Waals surface area contributed by atoms with Gasteiger partial charge in [-0.15, -0.1) is 0 Å². The Morgan fingerprint density at radius 2 is 1.85 bits per heavy atom. The Morgan fingerprint density at radius 3 is 2.51 bits per heavy atom. The van der Waals surface area contributed by atoms with E-state index in [1.807, 2.05) is 24.3 Å². The van der Waals surface area contributed by atoms with Crippen molar-refractivity contribution >= 4 is 33.0 Å². The number of nitrogens with one attached hydrogen (secondary N) is 1. The third-order valence-corrected chi connectivity index (χ3v) is 10.3. The average molecular weight is 552 g/mol. The largest absolute Gasteiger partial charge is 0.497 e. The third-order valence-electron chi connectivity index (χ3n) is 8.91. The van der Waals surface area contributed by atoms with Crippen LogP contribution in [0.25, 0.3) is 22.2 Å². The first-order valence-corrected chi connectivity index (χ1v) is 14.8. The summed E-state index contributed by atoms with van der Waals surface area (Å²) in [6.07, 6.45) is 6.10. The van der Waals surface area contributed by atoms with Crippen molar-refractivity contribution in [3.63, 3.8) is 0 Å². The van der Waals surface area contributed by atoms with E-state index in [1.165, 1.54) is 26.1 Å². The Morgan fingerprint density at radius 1 is 1.10 bits per heavy atom. The number of carboxylic acid groups (broad SMARTS) is 1. The van der Waals surface area contributed by atoms with Crippen molar-refractivity contribution < 1.29 is 27.9 Å². The lowest BCUT2D eigenvalue weighted by Gasteiger charge is -2.24. The van der Waals surface area contributed by atoms with E-state index in [-0.39, 0.29) is 18.0 Å². The van der Waals surface area contributed by atoms with E-state index < -0.39 is 27.5 Å². The molecule has 2 atom stereocenters. The summed E-state index contributed by atoms with van der Waals surface area (Å²) >= 11 is 0. The summed E-state index contributed by atoms with van der Waals surface area (Å²) in [6.45, 7) is 0.281. The van der Waals surface area contributed by atoms with Gasteiger partial charge in [-0.05, 0) is 66.6 Å². The number of fused-ring (bicyclic) bond motifs is 7. The lowest BCUT2D eigenvalue weighted by molar-refractivity contribution is -0.144. The molecule has 6 rings (SSSR count). The van der Waals surface area contributed by atoms with Gasteiger partial charge in [0, 0.05) is 48.6 Å². The third kappa shape index (κ3) is 4.03. The summed E-state index contributed by atoms with van der Waals surface area (Å²) in [7, 11) is 0.354. The number of carbonyl (C=O) groups is 2. The number of hydrogen-bond acceptors (Lipinski definition) is 5. The number of carboxylic acids is 1. The van der Waals surface area contributed by atoms with Crippen molar-refractivity contribution in [1.29, 1.82) is 0 Å². The molecule has 9 nitrogen and oxygen atoms in total. The van der Waals surface area contributed by atoms with Gasteiger partial charge >= 0.3 is 16.2 Å². The highest BCUT2D eigenvalue weighted by atomic mass is 32.2. The van der Waals surface area contributed by atoms with E-state index in [0.29, 0.717) is 18.1 Å². The van der Waals surface area contributed by atoms with Gasteiger partial charge in [-0.25, -0.2) is 4.72 Å². The monoisotopic (exact) mass is 551 g/mol. The van der Waals surface area contributed by atoms with Crippen LogP contribution in [0.5, 0.6) is 5.75 Å². The molecule has 2 aliphatic carbocycles. The van der Waals surface area contributed by atoms with E-state index in [9.17, 15) is 23.1 Å². The Hall–Kier alpha value is -3.37. The molecular weight excluding hydrogens is 518 g/mol. The zero-order chi connectivity index (χ0) is 27.7. The van der Waals surface area contributed by atoms with Crippen molar-refractivity contribution in [1.82, 2.24) is 13.6 Å². The number of amides is 1. The first-order valence-electron chi connectivity index (χ1n) is 13.4. The number of aliphatic carboxylic acids is 1. The SMILES string of the molecule is COc1ccc2c(c1)C1CC1(C(=O)O)Cn1c-2c(C2CCCCC2)c2ccc(C(=O)NS(=O)(=O)N(C)C)cc21. The number of ether oxygens (including phenoxy) is 1. The van der Waals surface area contributed by atoms with Crippen LogP contribution in [0.1, 0.15) is 71.8 Å². The van der Waals surface area contributed by atoms with Gasteiger partial charge in [0.1, 0.15) is 5.75 Å². The van der Waals surface area contributed by atoms with Crippen LogP contribution in [-0.2, 0) is 21.5 Å². The van der Waals surface area contributed by atoms with Crippen LogP contribution in [0.15, 0.2) is 36.4 Å². The summed E-state index contributed by atoms with van der Waals surface area (Å²) in [5.74, 6) is -0.676. The topological polar surface area (TPSA) is 118 Å². The molecule has 10 heteroatoms. The minimum Gasteiger partial charge on any atom is -0.497 e. The lowest BCUT2D eigenvalue weighted by atomic mass is 9.81. The zero-order valence-electron chi connectivity index (χ0n) is 22.4. The number of methoxy groups -OCH3 is 1. The lowest BCUT2D eigenvalue weighted by Crippen LogP contribution is -2.39. The molecule has 3 aromatic rings. The molecule has 1 aromatic heterocycles. The van der Waals surface area contributed by atoms with Crippen molar-refractivity contribution in [2.75, 3.05) is 21.2 Å². The molecule has 2 heterocycles.